The number of rotatable bonds is 6. The van der Waals surface area contributed by atoms with Crippen molar-refractivity contribution < 1.29 is 23.5 Å². The number of nitrogens with zero attached hydrogens (tertiary/aromatic N) is 3. The molecule has 170 valence electrons. The smallest absolute Gasteiger partial charge is 0.292 e. The normalized spacial score (nSPS) is 13.9. The monoisotopic (exact) mass is 449 g/mol. The lowest BCUT2D eigenvalue weighted by Gasteiger charge is -2.32. The molecule has 3 aromatic rings. The van der Waals surface area contributed by atoms with E-state index in [0.717, 1.165) is 0 Å². The summed E-state index contributed by atoms with van der Waals surface area (Å²) in [6.45, 7) is 0.981. The Bertz CT molecular complexity index is 1140. The fourth-order valence-electron chi connectivity index (χ4n) is 3.64. The molecule has 1 aliphatic heterocycles. The maximum absolute atomic E-state index is 12.9. The fraction of sp³-hybridized carbons (Fsp3) is 0.261. The molecule has 0 saturated carbocycles. The average molecular weight is 449 g/mol. The summed E-state index contributed by atoms with van der Waals surface area (Å²) < 4.78 is 10.4. The van der Waals surface area contributed by atoms with Gasteiger partial charge in [-0.05, 0) is 37.1 Å². The van der Waals surface area contributed by atoms with Gasteiger partial charge in [-0.1, -0.05) is 12.1 Å². The molecule has 2 aromatic heterocycles. The first-order valence-electron chi connectivity index (χ1n) is 10.5. The number of amides is 3. The highest BCUT2D eigenvalue weighted by Crippen LogP contribution is 2.22. The zero-order chi connectivity index (χ0) is 23.2. The third-order valence-electron chi connectivity index (χ3n) is 5.34. The predicted octanol–water partition coefficient (Wildman–Crippen LogP) is 2.37. The number of piperidine rings is 1. The second-order valence-electron chi connectivity index (χ2n) is 7.43. The fourth-order valence-corrected chi connectivity index (χ4v) is 3.64. The van der Waals surface area contributed by atoms with Crippen LogP contribution in [0.2, 0.25) is 0 Å². The molecule has 10 heteroatoms. The molecule has 4 rings (SSSR count). The van der Waals surface area contributed by atoms with Crippen LogP contribution in [0.15, 0.2) is 59.5 Å². The average Bonchev–Trinajstić information content (AvgIpc) is 3.40. The molecule has 3 amide bonds. The molecular weight excluding hydrogens is 426 g/mol. The van der Waals surface area contributed by atoms with Gasteiger partial charge in [0.2, 0.25) is 0 Å². The molecule has 0 radical (unpaired) electrons. The Hall–Kier alpha value is -4.21. The van der Waals surface area contributed by atoms with Crippen LogP contribution in [0.5, 0.6) is 5.75 Å². The van der Waals surface area contributed by atoms with Crippen molar-refractivity contribution in [3.8, 4) is 5.75 Å². The lowest BCUT2D eigenvalue weighted by Crippen LogP contribution is -2.46. The Balaban J connectivity index is 1.36. The standard InChI is InChI=1S/C23H23N5O5/c1-32-17-6-3-2-5-16(17)23(31)28-12-8-15(9-13-28)26-22(30)19-20(25-11-10-24-19)27-21(29)18-7-4-14-33-18/h2-7,10-11,14-15H,8-9,12-13H2,1H3,(H,26,30)(H,25,27,29). The van der Waals surface area contributed by atoms with Crippen LogP contribution in [-0.2, 0) is 0 Å². The third-order valence-corrected chi connectivity index (χ3v) is 5.34. The molecule has 0 unspecified atom stereocenters. The zero-order valence-electron chi connectivity index (χ0n) is 18.0. The van der Waals surface area contributed by atoms with Gasteiger partial charge in [-0.15, -0.1) is 0 Å². The summed E-state index contributed by atoms with van der Waals surface area (Å²) in [7, 11) is 1.53. The second kappa shape index (κ2) is 9.94. The van der Waals surface area contributed by atoms with Crippen molar-refractivity contribution in [3.63, 3.8) is 0 Å². The summed E-state index contributed by atoms with van der Waals surface area (Å²) in [4.78, 5) is 47.9. The van der Waals surface area contributed by atoms with Crippen LogP contribution in [0.25, 0.3) is 0 Å². The Morgan fingerprint density at radius 3 is 2.52 bits per heavy atom. The number of benzene rings is 1. The van der Waals surface area contributed by atoms with Gasteiger partial charge < -0.3 is 24.7 Å². The van der Waals surface area contributed by atoms with Crippen molar-refractivity contribution in [2.24, 2.45) is 0 Å². The highest BCUT2D eigenvalue weighted by Gasteiger charge is 2.27. The Morgan fingerprint density at radius 2 is 1.79 bits per heavy atom. The summed E-state index contributed by atoms with van der Waals surface area (Å²) in [5, 5.41) is 5.48. The van der Waals surface area contributed by atoms with Gasteiger partial charge in [0, 0.05) is 31.5 Å². The number of hydrogen-bond donors (Lipinski definition) is 2. The lowest BCUT2D eigenvalue weighted by molar-refractivity contribution is 0.0694. The molecule has 1 fully saturated rings. The van der Waals surface area contributed by atoms with E-state index in [-0.39, 0.29) is 29.2 Å². The van der Waals surface area contributed by atoms with Crippen molar-refractivity contribution in [3.05, 3.63) is 72.1 Å². The molecule has 10 nitrogen and oxygen atoms in total. The second-order valence-corrected chi connectivity index (χ2v) is 7.43. The maximum Gasteiger partial charge on any atom is 0.292 e. The highest BCUT2D eigenvalue weighted by molar-refractivity contribution is 6.06. The maximum atomic E-state index is 12.9. The van der Waals surface area contributed by atoms with Crippen LogP contribution in [0.3, 0.4) is 0 Å². The number of nitrogens with one attached hydrogen (secondary N) is 2. The number of likely N-dealkylation sites (tertiary alicyclic amines) is 1. The van der Waals surface area contributed by atoms with E-state index in [1.807, 2.05) is 6.07 Å². The Labute approximate surface area is 190 Å². The highest BCUT2D eigenvalue weighted by atomic mass is 16.5. The van der Waals surface area contributed by atoms with Crippen molar-refractivity contribution in [1.29, 1.82) is 0 Å². The number of furan rings is 1. The van der Waals surface area contributed by atoms with E-state index in [1.54, 1.807) is 29.2 Å². The van der Waals surface area contributed by atoms with Gasteiger partial charge in [0.25, 0.3) is 17.7 Å². The minimum atomic E-state index is -0.530. The Morgan fingerprint density at radius 1 is 1.03 bits per heavy atom. The van der Waals surface area contributed by atoms with Gasteiger partial charge in [0.1, 0.15) is 5.75 Å². The summed E-state index contributed by atoms with van der Waals surface area (Å²) in [5.41, 5.74) is 0.518. The van der Waals surface area contributed by atoms with Crippen molar-refractivity contribution >= 4 is 23.5 Å². The van der Waals surface area contributed by atoms with Crippen LogP contribution in [0.1, 0.15) is 44.2 Å². The molecule has 0 aliphatic carbocycles. The van der Waals surface area contributed by atoms with Crippen molar-refractivity contribution in [1.82, 2.24) is 20.2 Å². The topological polar surface area (TPSA) is 127 Å². The molecule has 1 aliphatic rings. The summed E-state index contributed by atoms with van der Waals surface area (Å²) >= 11 is 0. The van der Waals surface area contributed by atoms with E-state index >= 15 is 0 Å². The first-order chi connectivity index (χ1) is 16.1. The van der Waals surface area contributed by atoms with E-state index in [1.165, 1.54) is 31.8 Å². The minimum Gasteiger partial charge on any atom is -0.496 e. The van der Waals surface area contributed by atoms with E-state index in [2.05, 4.69) is 20.6 Å². The molecule has 3 heterocycles. The van der Waals surface area contributed by atoms with E-state index < -0.39 is 11.8 Å². The number of hydrogen-bond acceptors (Lipinski definition) is 7. The lowest BCUT2D eigenvalue weighted by atomic mass is 10.0. The SMILES string of the molecule is COc1ccccc1C(=O)N1CCC(NC(=O)c2nccnc2NC(=O)c2ccco2)CC1. The van der Waals surface area contributed by atoms with E-state index in [9.17, 15) is 14.4 Å². The molecule has 0 bridgehead atoms. The van der Waals surface area contributed by atoms with Crippen LogP contribution in [-0.4, -0.2) is 58.8 Å². The summed E-state index contributed by atoms with van der Waals surface area (Å²) in [5.74, 6) is -0.414. The van der Waals surface area contributed by atoms with E-state index in [4.69, 9.17) is 9.15 Å². The molecule has 0 atom stereocenters. The van der Waals surface area contributed by atoms with Crippen LogP contribution < -0.4 is 15.4 Å². The molecule has 1 aromatic carbocycles. The Kier molecular flexibility index (Phi) is 6.63. The van der Waals surface area contributed by atoms with Crippen LogP contribution in [0.4, 0.5) is 5.82 Å². The van der Waals surface area contributed by atoms with E-state index in [0.29, 0.717) is 37.2 Å². The molecule has 1 saturated heterocycles. The van der Waals surface area contributed by atoms with Crippen LogP contribution in [0, 0.1) is 0 Å². The zero-order valence-corrected chi connectivity index (χ0v) is 18.0. The van der Waals surface area contributed by atoms with Gasteiger partial charge in [0.05, 0.1) is 18.9 Å². The molecule has 0 spiro atoms. The van der Waals surface area contributed by atoms with Crippen LogP contribution >= 0.6 is 0 Å². The molecule has 2 N–H and O–H groups in total. The van der Waals surface area contributed by atoms with Gasteiger partial charge in [-0.2, -0.15) is 0 Å². The third kappa shape index (κ3) is 5.00. The summed E-state index contributed by atoms with van der Waals surface area (Å²) in [6, 6.07) is 10.1. The quantitative estimate of drug-likeness (QED) is 0.591. The predicted molar refractivity (Wildman–Crippen MR) is 118 cm³/mol. The minimum absolute atomic E-state index is 0.00457. The van der Waals surface area contributed by atoms with Gasteiger partial charge in [-0.25, -0.2) is 9.97 Å². The van der Waals surface area contributed by atoms with Crippen molar-refractivity contribution in [2.75, 3.05) is 25.5 Å². The first kappa shape index (κ1) is 22.0. The first-order valence-corrected chi connectivity index (χ1v) is 10.5. The van der Waals surface area contributed by atoms with Gasteiger partial charge in [0.15, 0.2) is 17.3 Å². The number of ether oxygens (including phenoxy) is 1. The molecule has 33 heavy (non-hydrogen) atoms. The number of methoxy groups -OCH3 is 1. The van der Waals surface area contributed by atoms with Gasteiger partial charge >= 0.3 is 0 Å². The van der Waals surface area contributed by atoms with Gasteiger partial charge in [-0.3, -0.25) is 14.4 Å². The van der Waals surface area contributed by atoms with Crippen molar-refractivity contribution in [2.45, 2.75) is 18.9 Å². The summed E-state index contributed by atoms with van der Waals surface area (Å²) in [6.07, 6.45) is 5.31. The number of anilines is 1. The molecular formula is C23H23N5O5. The number of aromatic nitrogens is 2. The number of para-hydroxylation sites is 1. The number of carbonyl (C=O) groups excluding carboxylic acids is 3. The number of carbonyl (C=O) groups is 3. The largest absolute Gasteiger partial charge is 0.496 e.